The second-order valence-electron chi connectivity index (χ2n) is 10.0. The maximum atomic E-state index is 12.5. The highest BCUT2D eigenvalue weighted by atomic mass is 35.5. The summed E-state index contributed by atoms with van der Waals surface area (Å²) in [6.45, 7) is 6.06. The summed E-state index contributed by atoms with van der Waals surface area (Å²) < 4.78 is 0. The minimum atomic E-state index is -0.417. The Morgan fingerprint density at radius 1 is 0.806 bits per heavy atom. The summed E-state index contributed by atoms with van der Waals surface area (Å²) in [7, 11) is 0. The van der Waals surface area contributed by atoms with Crippen molar-refractivity contribution < 1.29 is 37.9 Å². The second-order valence-corrected chi connectivity index (χ2v) is 10.0. The monoisotopic (exact) mass is 536 g/mol. The summed E-state index contributed by atoms with van der Waals surface area (Å²) in [6, 6.07) is 17.8. The van der Waals surface area contributed by atoms with Crippen LogP contribution in [0, 0.1) is 0 Å². The number of carbonyl (C=O) groups is 1. The van der Waals surface area contributed by atoms with E-state index in [4.69, 9.17) is 5.73 Å². The lowest BCUT2D eigenvalue weighted by atomic mass is 9.83. The molecule has 0 saturated carbocycles. The molecule has 0 spiro atoms. The third-order valence-electron chi connectivity index (χ3n) is 8.19. The lowest BCUT2D eigenvalue weighted by Crippen LogP contribution is -3.00. The highest BCUT2D eigenvalue weighted by molar-refractivity contribution is 5.85. The van der Waals surface area contributed by atoms with Gasteiger partial charge in [0.1, 0.15) is 5.54 Å². The van der Waals surface area contributed by atoms with Gasteiger partial charge in [-0.05, 0) is 87.8 Å². The van der Waals surface area contributed by atoms with Crippen molar-refractivity contribution in [1.82, 2.24) is 9.80 Å². The van der Waals surface area contributed by atoms with E-state index in [0.717, 1.165) is 71.4 Å². The normalized spacial score (nSPS) is 19.4. The highest BCUT2D eigenvalue weighted by Gasteiger charge is 2.44. The molecule has 0 radical (unpaired) electrons. The largest absolute Gasteiger partial charge is 1.00 e. The molecule has 200 valence electrons. The molecule has 2 aromatic rings. The molecule has 0 atom stereocenters. The number of fused-ring (bicyclic) bond motifs is 2. The number of benzene rings is 2. The average molecular weight is 538 g/mol. The average Bonchev–Trinajstić information content (AvgIpc) is 3.02. The van der Waals surface area contributed by atoms with Crippen molar-refractivity contribution in [1.29, 1.82) is 0 Å². The van der Waals surface area contributed by atoms with Crippen LogP contribution in [-0.4, -0.2) is 66.0 Å². The van der Waals surface area contributed by atoms with Gasteiger partial charge in [0.2, 0.25) is 5.91 Å². The van der Waals surface area contributed by atoms with Crippen LogP contribution in [0.1, 0.15) is 52.5 Å². The number of aryl methyl sites for hydroxylation is 2. The van der Waals surface area contributed by atoms with Gasteiger partial charge in [-0.1, -0.05) is 42.8 Å². The fraction of sp³-hybridized carbons (Fsp3) is 0.536. The zero-order valence-corrected chi connectivity index (χ0v) is 22.6. The van der Waals surface area contributed by atoms with Crippen LogP contribution < -0.4 is 35.4 Å². The molecule has 1 amide bonds. The second kappa shape index (κ2) is 13.6. The van der Waals surface area contributed by atoms with Crippen molar-refractivity contribution in [3.63, 3.8) is 0 Å². The number of rotatable bonds is 6. The van der Waals surface area contributed by atoms with Crippen LogP contribution in [0.2, 0.25) is 0 Å². The minimum absolute atomic E-state index is 0. The Morgan fingerprint density at radius 2 is 1.33 bits per heavy atom. The first-order valence-electron chi connectivity index (χ1n) is 12.9. The molecule has 3 heterocycles. The van der Waals surface area contributed by atoms with Crippen LogP contribution in [0.25, 0.3) is 0 Å². The van der Waals surface area contributed by atoms with Crippen molar-refractivity contribution in [2.45, 2.75) is 56.9 Å². The Hall–Kier alpha value is -1.83. The van der Waals surface area contributed by atoms with Crippen LogP contribution in [0.5, 0.6) is 0 Å². The van der Waals surface area contributed by atoms with Gasteiger partial charge in [0.05, 0.1) is 0 Å². The van der Waals surface area contributed by atoms with Gasteiger partial charge in [-0.25, -0.2) is 0 Å². The molecule has 4 N–H and O–H groups in total. The molecule has 3 aliphatic heterocycles. The zero-order chi connectivity index (χ0) is 22.7. The number of likely N-dealkylation sites (tertiary alicyclic amines) is 2. The van der Waals surface area contributed by atoms with Gasteiger partial charge in [0.15, 0.2) is 0 Å². The molecule has 0 aromatic heterocycles. The molecule has 36 heavy (non-hydrogen) atoms. The van der Waals surface area contributed by atoms with Crippen molar-refractivity contribution in [3.8, 4) is 0 Å². The molecule has 3 aliphatic rings. The van der Waals surface area contributed by atoms with Gasteiger partial charge in [0.25, 0.3) is 0 Å². The molecule has 2 aromatic carbocycles. The van der Waals surface area contributed by atoms with Gasteiger partial charge in [-0.15, -0.1) is 0 Å². The topological polar surface area (TPSA) is 84.3 Å². The molecule has 2 saturated heterocycles. The number of hydrogen-bond acceptors (Lipinski definition) is 4. The van der Waals surface area contributed by atoms with E-state index in [-0.39, 0.29) is 39.1 Å². The van der Waals surface area contributed by atoms with E-state index >= 15 is 0 Å². The molecule has 0 aliphatic carbocycles. The first-order chi connectivity index (χ1) is 16.2. The van der Waals surface area contributed by atoms with Gasteiger partial charge < -0.3 is 45.8 Å². The number of amides is 1. The first-order valence-corrected chi connectivity index (χ1v) is 12.9. The molecule has 5 rings (SSSR count). The maximum Gasteiger partial charge on any atom is 1.00 e. The smallest absolute Gasteiger partial charge is 1.00 e. The molecule has 8 heteroatoms. The first kappa shape index (κ1) is 30.4. The van der Waals surface area contributed by atoms with E-state index in [0.29, 0.717) is 0 Å². The highest BCUT2D eigenvalue weighted by Crippen LogP contribution is 2.36. The lowest BCUT2D eigenvalue weighted by Gasteiger charge is -2.48. The fourth-order valence-corrected chi connectivity index (χ4v) is 6.25. The van der Waals surface area contributed by atoms with Crippen LogP contribution in [-0.2, 0) is 17.6 Å². The van der Waals surface area contributed by atoms with Crippen LogP contribution >= 0.6 is 0 Å². The lowest BCUT2D eigenvalue weighted by molar-refractivity contribution is -0.135. The van der Waals surface area contributed by atoms with Crippen molar-refractivity contribution in [2.75, 3.05) is 44.2 Å². The summed E-state index contributed by atoms with van der Waals surface area (Å²) in [5, 5.41) is 0. The predicted molar refractivity (Wildman–Crippen MR) is 141 cm³/mol. The zero-order valence-electron chi connectivity index (χ0n) is 23.1. The quantitative estimate of drug-likeness (QED) is 0.443. The Morgan fingerprint density at radius 3 is 1.86 bits per heavy atom. The molecular weight excluding hydrogens is 495 g/mol. The molecule has 0 bridgehead atoms. The Bertz CT molecular complexity index is 939. The van der Waals surface area contributed by atoms with Crippen molar-refractivity contribution >= 4 is 17.3 Å². The number of para-hydroxylation sites is 2. The Labute approximate surface area is 231 Å². The third kappa shape index (κ3) is 6.17. The summed E-state index contributed by atoms with van der Waals surface area (Å²) in [6.07, 6.45) is 8.71. The molecule has 6 nitrogen and oxygen atoms in total. The van der Waals surface area contributed by atoms with Gasteiger partial charge in [0, 0.05) is 31.0 Å². The van der Waals surface area contributed by atoms with Crippen LogP contribution in [0.15, 0.2) is 48.5 Å². The van der Waals surface area contributed by atoms with Gasteiger partial charge in [-0.2, -0.15) is 0 Å². The number of nitrogens with zero attached hydrogens (tertiary/aromatic N) is 3. The van der Waals surface area contributed by atoms with E-state index in [9.17, 15) is 4.79 Å². The third-order valence-corrected chi connectivity index (χ3v) is 8.19. The van der Waals surface area contributed by atoms with E-state index in [1.54, 1.807) is 0 Å². The Kier molecular flexibility index (Phi) is 11.5. The van der Waals surface area contributed by atoms with Crippen LogP contribution in [0.4, 0.5) is 11.4 Å². The predicted octanol–water partition coefficient (Wildman–Crippen LogP) is -2.47. The standard InChI is InChI=1S/C28H38N4O.2ClH.H2O/c29-27(33)28(31-18-6-1-7-19-31)15-21-30(22-16-28)17-8-20-32-25-11-4-2-9-23(25)13-14-24-10-3-5-12-26(24)32;;;/h2-5,9-12H,1,6-8,13-22H2,(H2,29,33);2*1H;1H2. The Balaban J connectivity index is 0.00000274. The maximum absolute atomic E-state index is 12.5. The summed E-state index contributed by atoms with van der Waals surface area (Å²) in [4.78, 5) is 20.0. The number of nitrogens with two attached hydrogens (primary N) is 1. The molecule has 0 unspecified atom stereocenters. The SMILES string of the molecule is NC(=O)C1(N2CCCCC2)CCN(CCCN2c3ccccc3CCc3ccccc32)CC1.O.[Cl-].[Cl-].[H+].[H+]. The number of anilines is 2. The summed E-state index contributed by atoms with van der Waals surface area (Å²) in [5.41, 5.74) is 11.2. The van der Waals surface area contributed by atoms with Gasteiger partial charge >= 0.3 is 2.85 Å². The van der Waals surface area contributed by atoms with Crippen LogP contribution in [0.3, 0.4) is 0 Å². The minimum Gasteiger partial charge on any atom is -1.00 e. The van der Waals surface area contributed by atoms with E-state index in [1.807, 2.05) is 0 Å². The number of carbonyl (C=O) groups excluding carboxylic acids is 1. The summed E-state index contributed by atoms with van der Waals surface area (Å²) in [5.74, 6) is -0.109. The van der Waals surface area contributed by atoms with E-state index in [2.05, 4.69) is 63.2 Å². The molecular formula is C28H42Cl2N4O2. The number of piperidine rings is 2. The number of hydrogen-bond donors (Lipinski definition) is 1. The van der Waals surface area contributed by atoms with Crippen molar-refractivity contribution in [3.05, 3.63) is 59.7 Å². The van der Waals surface area contributed by atoms with Gasteiger partial charge in [-0.3, -0.25) is 9.69 Å². The van der Waals surface area contributed by atoms with E-state index in [1.165, 1.54) is 41.8 Å². The fourth-order valence-electron chi connectivity index (χ4n) is 6.25. The van der Waals surface area contributed by atoms with E-state index < -0.39 is 5.54 Å². The molecule has 2 fully saturated rings. The number of halogens is 2. The summed E-state index contributed by atoms with van der Waals surface area (Å²) >= 11 is 0. The van der Waals surface area contributed by atoms with Crippen molar-refractivity contribution in [2.24, 2.45) is 5.73 Å². The number of primary amides is 1.